The van der Waals surface area contributed by atoms with Gasteiger partial charge in [0.2, 0.25) is 0 Å². The molecule has 0 heterocycles. The van der Waals surface area contributed by atoms with Crippen LogP contribution < -0.4 is 0 Å². The normalized spacial score (nSPS) is 27.8. The Morgan fingerprint density at radius 2 is 1.50 bits per heavy atom. The van der Waals surface area contributed by atoms with Crippen molar-refractivity contribution >= 4 is 0 Å². The van der Waals surface area contributed by atoms with Crippen molar-refractivity contribution in [3.05, 3.63) is 0 Å². The monoisotopic (exact) mass is 170 g/mol. The van der Waals surface area contributed by atoms with E-state index in [2.05, 4.69) is 27.7 Å². The minimum atomic E-state index is 0.358. The predicted octanol–water partition coefficient (Wildman–Crippen LogP) is 2.83. The summed E-state index contributed by atoms with van der Waals surface area (Å²) in [6.45, 7) is 9.76. The van der Waals surface area contributed by atoms with Crippen LogP contribution in [0.5, 0.6) is 0 Å². The molecule has 0 aromatic heterocycles. The molecule has 0 amide bonds. The minimum Gasteiger partial charge on any atom is -0.396 e. The van der Waals surface area contributed by atoms with Crippen LogP contribution in [0, 0.1) is 16.7 Å². The summed E-state index contributed by atoms with van der Waals surface area (Å²) in [6.07, 6.45) is 3.55. The molecule has 0 aromatic carbocycles. The Labute approximate surface area is 76.2 Å². The average Bonchev–Trinajstić information content (AvgIpc) is 2.02. The molecule has 0 unspecified atom stereocenters. The molecule has 1 aliphatic rings. The second kappa shape index (κ2) is 3.02. The Morgan fingerprint density at radius 1 is 1.08 bits per heavy atom. The first kappa shape index (κ1) is 10.0. The fraction of sp³-hybridized carbons (Fsp3) is 1.00. The summed E-state index contributed by atoms with van der Waals surface area (Å²) in [5, 5.41) is 8.87. The molecule has 0 saturated heterocycles. The molecule has 12 heavy (non-hydrogen) atoms. The van der Waals surface area contributed by atoms with E-state index in [0.717, 1.165) is 12.3 Å². The Balaban J connectivity index is 2.61. The van der Waals surface area contributed by atoms with E-state index < -0.39 is 0 Å². The summed E-state index contributed by atoms with van der Waals surface area (Å²) < 4.78 is 0. The van der Waals surface area contributed by atoms with Gasteiger partial charge in [-0.05, 0) is 36.0 Å². The van der Waals surface area contributed by atoms with Crippen molar-refractivity contribution in [2.75, 3.05) is 6.61 Å². The van der Waals surface area contributed by atoms with Gasteiger partial charge in [0.25, 0.3) is 0 Å². The molecular formula is C11H22O. The molecule has 0 aliphatic heterocycles. The van der Waals surface area contributed by atoms with Gasteiger partial charge in [0.15, 0.2) is 0 Å². The zero-order valence-corrected chi connectivity index (χ0v) is 8.85. The Kier molecular flexibility index (Phi) is 2.53. The van der Waals surface area contributed by atoms with E-state index in [-0.39, 0.29) is 0 Å². The summed E-state index contributed by atoms with van der Waals surface area (Å²) in [5.74, 6) is 0.750. The molecule has 0 atom stereocenters. The third-order valence-electron chi connectivity index (χ3n) is 3.97. The highest BCUT2D eigenvalue weighted by molar-refractivity contribution is 4.95. The standard InChI is InChI=1S/C11H22O/c1-10(2)7-9(5-6-12)8-11(10,3)4/h9,12H,5-8H2,1-4H3. The highest BCUT2D eigenvalue weighted by atomic mass is 16.3. The summed E-state index contributed by atoms with van der Waals surface area (Å²) in [6, 6.07) is 0. The molecule has 0 bridgehead atoms. The number of hydrogen-bond acceptors (Lipinski definition) is 1. The van der Waals surface area contributed by atoms with E-state index in [9.17, 15) is 0 Å². The van der Waals surface area contributed by atoms with E-state index in [4.69, 9.17) is 5.11 Å². The topological polar surface area (TPSA) is 20.2 Å². The summed E-state index contributed by atoms with van der Waals surface area (Å²) in [4.78, 5) is 0. The maximum absolute atomic E-state index is 8.87. The molecule has 1 rings (SSSR count). The summed E-state index contributed by atoms with van der Waals surface area (Å²) >= 11 is 0. The molecular weight excluding hydrogens is 148 g/mol. The number of aliphatic hydroxyl groups excluding tert-OH is 1. The Bertz CT molecular complexity index is 142. The van der Waals surface area contributed by atoms with Crippen molar-refractivity contribution in [2.24, 2.45) is 16.7 Å². The summed E-state index contributed by atoms with van der Waals surface area (Å²) in [7, 11) is 0. The van der Waals surface area contributed by atoms with Crippen LogP contribution in [0.3, 0.4) is 0 Å². The van der Waals surface area contributed by atoms with Crippen LogP contribution in [0.4, 0.5) is 0 Å². The lowest BCUT2D eigenvalue weighted by atomic mass is 9.71. The Morgan fingerprint density at radius 3 is 1.83 bits per heavy atom. The quantitative estimate of drug-likeness (QED) is 0.675. The number of aliphatic hydroxyl groups is 1. The average molecular weight is 170 g/mol. The van der Waals surface area contributed by atoms with Crippen LogP contribution in [0.25, 0.3) is 0 Å². The fourth-order valence-electron chi connectivity index (χ4n) is 2.45. The van der Waals surface area contributed by atoms with Gasteiger partial charge in [-0.15, -0.1) is 0 Å². The third kappa shape index (κ3) is 1.66. The SMILES string of the molecule is CC1(C)CC(CCO)CC1(C)C. The van der Waals surface area contributed by atoms with Crippen molar-refractivity contribution in [3.8, 4) is 0 Å². The molecule has 1 heteroatoms. The van der Waals surface area contributed by atoms with Gasteiger partial charge in [0.1, 0.15) is 0 Å². The molecule has 0 radical (unpaired) electrons. The predicted molar refractivity (Wildman–Crippen MR) is 52.0 cm³/mol. The lowest BCUT2D eigenvalue weighted by Crippen LogP contribution is -2.25. The van der Waals surface area contributed by atoms with E-state index in [1.807, 2.05) is 0 Å². The first-order valence-corrected chi connectivity index (χ1v) is 5.00. The van der Waals surface area contributed by atoms with Crippen molar-refractivity contribution < 1.29 is 5.11 Å². The third-order valence-corrected chi connectivity index (χ3v) is 3.97. The molecule has 1 saturated carbocycles. The second-order valence-electron chi connectivity index (χ2n) is 5.55. The van der Waals surface area contributed by atoms with Crippen LogP contribution in [-0.2, 0) is 0 Å². The molecule has 72 valence electrons. The fourth-order valence-corrected chi connectivity index (χ4v) is 2.45. The minimum absolute atomic E-state index is 0.358. The van der Waals surface area contributed by atoms with Crippen LogP contribution in [0.2, 0.25) is 0 Å². The van der Waals surface area contributed by atoms with Gasteiger partial charge in [0, 0.05) is 6.61 Å². The molecule has 0 spiro atoms. The highest BCUT2D eigenvalue weighted by Crippen LogP contribution is 2.55. The summed E-state index contributed by atoms with van der Waals surface area (Å²) in [5.41, 5.74) is 0.902. The number of rotatable bonds is 2. The first-order chi connectivity index (χ1) is 5.39. The van der Waals surface area contributed by atoms with Gasteiger partial charge in [0.05, 0.1) is 0 Å². The zero-order valence-electron chi connectivity index (χ0n) is 8.85. The molecule has 1 N–H and O–H groups in total. The van der Waals surface area contributed by atoms with Crippen LogP contribution in [-0.4, -0.2) is 11.7 Å². The maximum Gasteiger partial charge on any atom is 0.0433 e. The maximum atomic E-state index is 8.87. The van der Waals surface area contributed by atoms with E-state index in [0.29, 0.717) is 17.4 Å². The lowest BCUT2D eigenvalue weighted by molar-refractivity contribution is 0.157. The lowest BCUT2D eigenvalue weighted by Gasteiger charge is -2.34. The van der Waals surface area contributed by atoms with Crippen molar-refractivity contribution in [3.63, 3.8) is 0 Å². The largest absolute Gasteiger partial charge is 0.396 e. The van der Waals surface area contributed by atoms with Crippen molar-refractivity contribution in [1.82, 2.24) is 0 Å². The highest BCUT2D eigenvalue weighted by Gasteiger charge is 2.45. The first-order valence-electron chi connectivity index (χ1n) is 5.00. The smallest absolute Gasteiger partial charge is 0.0433 e. The van der Waals surface area contributed by atoms with Crippen molar-refractivity contribution in [2.45, 2.75) is 47.0 Å². The van der Waals surface area contributed by atoms with Gasteiger partial charge in [-0.25, -0.2) is 0 Å². The molecule has 1 fully saturated rings. The van der Waals surface area contributed by atoms with Gasteiger partial charge in [-0.2, -0.15) is 0 Å². The van der Waals surface area contributed by atoms with E-state index in [1.54, 1.807) is 0 Å². The zero-order chi connectivity index (χ0) is 9.41. The molecule has 1 aliphatic carbocycles. The molecule has 1 nitrogen and oxygen atoms in total. The Hall–Kier alpha value is -0.0400. The van der Waals surface area contributed by atoms with Gasteiger partial charge in [-0.1, -0.05) is 27.7 Å². The van der Waals surface area contributed by atoms with Crippen LogP contribution in [0.1, 0.15) is 47.0 Å². The van der Waals surface area contributed by atoms with Gasteiger partial charge >= 0.3 is 0 Å². The second-order valence-corrected chi connectivity index (χ2v) is 5.55. The van der Waals surface area contributed by atoms with Crippen molar-refractivity contribution in [1.29, 1.82) is 0 Å². The van der Waals surface area contributed by atoms with E-state index >= 15 is 0 Å². The molecule has 0 aromatic rings. The van der Waals surface area contributed by atoms with Crippen LogP contribution in [0.15, 0.2) is 0 Å². The van der Waals surface area contributed by atoms with E-state index in [1.165, 1.54) is 12.8 Å². The van der Waals surface area contributed by atoms with Gasteiger partial charge in [-0.3, -0.25) is 0 Å². The number of hydrogen-bond donors (Lipinski definition) is 1. The van der Waals surface area contributed by atoms with Gasteiger partial charge < -0.3 is 5.11 Å². The van der Waals surface area contributed by atoms with Crippen LogP contribution >= 0.6 is 0 Å².